The highest BCUT2D eigenvalue weighted by atomic mass is 35.5. The Kier molecular flexibility index (Phi) is 5.58. The summed E-state index contributed by atoms with van der Waals surface area (Å²) in [7, 11) is 0. The number of halogens is 2. The average molecular weight is 336 g/mol. The van der Waals surface area contributed by atoms with Crippen molar-refractivity contribution in [3.63, 3.8) is 0 Å². The Hall–Kier alpha value is -1.84. The molecule has 0 aromatic heterocycles. The normalized spacial score (nSPS) is 10.3. The molecule has 0 aliphatic rings. The molecule has 2 aromatic rings. The van der Waals surface area contributed by atoms with Crippen LogP contribution in [0.4, 0.5) is 5.69 Å². The molecule has 0 aliphatic carbocycles. The number of Topliss-reactive ketones (excluding diaryl/α,β-unsaturated/α-hetero) is 1. The molecule has 22 heavy (non-hydrogen) atoms. The van der Waals surface area contributed by atoms with Gasteiger partial charge in [-0.15, -0.1) is 0 Å². The predicted octanol–water partition coefficient (Wildman–Crippen LogP) is 4.77. The summed E-state index contributed by atoms with van der Waals surface area (Å²) in [6, 6.07) is 12.1. The molecule has 0 saturated heterocycles. The van der Waals surface area contributed by atoms with E-state index in [1.807, 2.05) is 6.07 Å². The largest absolute Gasteiger partial charge is 0.326 e. The summed E-state index contributed by atoms with van der Waals surface area (Å²) >= 11 is 11.9. The first kappa shape index (κ1) is 16.5. The zero-order valence-electron chi connectivity index (χ0n) is 12.0. The second kappa shape index (κ2) is 7.43. The van der Waals surface area contributed by atoms with E-state index in [0.717, 1.165) is 5.56 Å². The fraction of sp³-hybridized carbons (Fsp3) is 0.176. The van der Waals surface area contributed by atoms with Gasteiger partial charge in [0, 0.05) is 27.7 Å². The summed E-state index contributed by atoms with van der Waals surface area (Å²) in [6.07, 6.45) is 0.819. The second-order valence-electron chi connectivity index (χ2n) is 4.92. The number of benzene rings is 2. The van der Waals surface area contributed by atoms with E-state index < -0.39 is 0 Å². The van der Waals surface area contributed by atoms with Crippen molar-refractivity contribution in [3.05, 3.63) is 63.6 Å². The standard InChI is InChI=1S/C17H15Cl2NO2/c1-11(21)13-3-2-4-15(9-13)20-17(22)8-6-12-5-7-14(18)10-16(12)19/h2-5,7,9-10H,6,8H2,1H3,(H,20,22). The van der Waals surface area contributed by atoms with E-state index in [4.69, 9.17) is 23.2 Å². The van der Waals surface area contributed by atoms with Gasteiger partial charge in [0.15, 0.2) is 5.78 Å². The lowest BCUT2D eigenvalue weighted by Gasteiger charge is -2.07. The Morgan fingerprint density at radius 2 is 1.86 bits per heavy atom. The number of amides is 1. The smallest absolute Gasteiger partial charge is 0.224 e. The molecule has 2 rings (SSSR count). The summed E-state index contributed by atoms with van der Waals surface area (Å²) < 4.78 is 0. The number of rotatable bonds is 5. The predicted molar refractivity (Wildman–Crippen MR) is 89.9 cm³/mol. The van der Waals surface area contributed by atoms with Gasteiger partial charge in [-0.05, 0) is 43.2 Å². The van der Waals surface area contributed by atoms with Crippen LogP contribution in [0, 0.1) is 0 Å². The van der Waals surface area contributed by atoms with Crippen molar-refractivity contribution in [2.24, 2.45) is 0 Å². The molecule has 5 heteroatoms. The molecule has 0 atom stereocenters. The molecule has 2 aromatic carbocycles. The average Bonchev–Trinajstić information content (AvgIpc) is 2.46. The third-order valence-corrected chi connectivity index (χ3v) is 3.78. The molecule has 1 N–H and O–H groups in total. The van der Waals surface area contributed by atoms with E-state index in [2.05, 4.69) is 5.32 Å². The van der Waals surface area contributed by atoms with Gasteiger partial charge in [0.1, 0.15) is 0 Å². The number of carbonyl (C=O) groups is 2. The Morgan fingerprint density at radius 1 is 1.09 bits per heavy atom. The quantitative estimate of drug-likeness (QED) is 0.800. The Balaban J connectivity index is 1.95. The maximum Gasteiger partial charge on any atom is 0.224 e. The lowest BCUT2D eigenvalue weighted by atomic mass is 10.1. The molecule has 114 valence electrons. The van der Waals surface area contributed by atoms with E-state index in [9.17, 15) is 9.59 Å². The van der Waals surface area contributed by atoms with Crippen LogP contribution in [-0.2, 0) is 11.2 Å². The molecule has 0 aliphatic heterocycles. The maximum absolute atomic E-state index is 12.0. The zero-order chi connectivity index (χ0) is 16.1. The van der Waals surface area contributed by atoms with Gasteiger partial charge >= 0.3 is 0 Å². The molecular formula is C17H15Cl2NO2. The van der Waals surface area contributed by atoms with Crippen molar-refractivity contribution in [3.8, 4) is 0 Å². The van der Waals surface area contributed by atoms with E-state index in [1.165, 1.54) is 6.92 Å². The zero-order valence-corrected chi connectivity index (χ0v) is 13.5. The molecule has 0 saturated carbocycles. The summed E-state index contributed by atoms with van der Waals surface area (Å²) in [4.78, 5) is 23.3. The number of nitrogens with one attached hydrogen (secondary N) is 1. The summed E-state index contributed by atoms with van der Waals surface area (Å²) in [5.41, 5.74) is 2.05. The van der Waals surface area contributed by atoms with Crippen LogP contribution in [0.2, 0.25) is 10.0 Å². The number of hydrogen-bond acceptors (Lipinski definition) is 2. The number of aryl methyl sites for hydroxylation is 1. The highest BCUT2D eigenvalue weighted by Crippen LogP contribution is 2.22. The number of anilines is 1. The SMILES string of the molecule is CC(=O)c1cccc(NC(=O)CCc2ccc(Cl)cc2Cl)c1. The summed E-state index contributed by atoms with van der Waals surface area (Å²) in [6.45, 7) is 1.49. The molecular weight excluding hydrogens is 321 g/mol. The van der Waals surface area contributed by atoms with Gasteiger partial charge < -0.3 is 5.32 Å². The monoisotopic (exact) mass is 335 g/mol. The van der Waals surface area contributed by atoms with E-state index in [-0.39, 0.29) is 11.7 Å². The van der Waals surface area contributed by atoms with Crippen LogP contribution in [0.1, 0.15) is 29.3 Å². The van der Waals surface area contributed by atoms with Gasteiger partial charge in [-0.3, -0.25) is 9.59 Å². The van der Waals surface area contributed by atoms with Crippen LogP contribution in [0.25, 0.3) is 0 Å². The fourth-order valence-electron chi connectivity index (χ4n) is 2.01. The van der Waals surface area contributed by atoms with Gasteiger partial charge in [-0.2, -0.15) is 0 Å². The number of hydrogen-bond donors (Lipinski definition) is 1. The first-order chi connectivity index (χ1) is 10.5. The van der Waals surface area contributed by atoms with E-state index in [0.29, 0.717) is 34.1 Å². The Labute approximate surface area is 139 Å². The molecule has 0 radical (unpaired) electrons. The van der Waals surface area contributed by atoms with Crippen molar-refractivity contribution < 1.29 is 9.59 Å². The van der Waals surface area contributed by atoms with Crippen molar-refractivity contribution in [2.45, 2.75) is 19.8 Å². The highest BCUT2D eigenvalue weighted by Gasteiger charge is 2.07. The highest BCUT2D eigenvalue weighted by molar-refractivity contribution is 6.35. The minimum atomic E-state index is -0.133. The Bertz CT molecular complexity index is 714. The van der Waals surface area contributed by atoms with Gasteiger partial charge in [0.05, 0.1) is 0 Å². The van der Waals surface area contributed by atoms with Crippen molar-refractivity contribution in [2.75, 3.05) is 5.32 Å². The van der Waals surface area contributed by atoms with Crippen molar-refractivity contribution in [1.29, 1.82) is 0 Å². The molecule has 0 bridgehead atoms. The van der Waals surface area contributed by atoms with E-state index >= 15 is 0 Å². The van der Waals surface area contributed by atoms with Crippen LogP contribution in [0.5, 0.6) is 0 Å². The van der Waals surface area contributed by atoms with E-state index in [1.54, 1.807) is 36.4 Å². The minimum absolute atomic E-state index is 0.0379. The van der Waals surface area contributed by atoms with Gasteiger partial charge in [-0.1, -0.05) is 41.4 Å². The van der Waals surface area contributed by atoms with Gasteiger partial charge in [-0.25, -0.2) is 0 Å². The second-order valence-corrected chi connectivity index (χ2v) is 5.76. The molecule has 0 unspecified atom stereocenters. The van der Waals surface area contributed by atoms with Crippen LogP contribution < -0.4 is 5.32 Å². The van der Waals surface area contributed by atoms with Crippen LogP contribution in [-0.4, -0.2) is 11.7 Å². The third kappa shape index (κ3) is 4.58. The third-order valence-electron chi connectivity index (χ3n) is 3.19. The number of ketones is 1. The molecule has 0 heterocycles. The molecule has 1 amide bonds. The van der Waals surface area contributed by atoms with Crippen molar-refractivity contribution >= 4 is 40.6 Å². The summed E-state index contributed by atoms with van der Waals surface area (Å²) in [5, 5.41) is 3.90. The van der Waals surface area contributed by atoms with Gasteiger partial charge in [0.25, 0.3) is 0 Å². The Morgan fingerprint density at radius 3 is 2.55 bits per heavy atom. The minimum Gasteiger partial charge on any atom is -0.326 e. The first-order valence-corrected chi connectivity index (χ1v) is 7.56. The van der Waals surface area contributed by atoms with Crippen LogP contribution in [0.15, 0.2) is 42.5 Å². The van der Waals surface area contributed by atoms with Crippen LogP contribution >= 0.6 is 23.2 Å². The lowest BCUT2D eigenvalue weighted by Crippen LogP contribution is -2.12. The van der Waals surface area contributed by atoms with Gasteiger partial charge in [0.2, 0.25) is 5.91 Å². The summed E-state index contributed by atoms with van der Waals surface area (Å²) in [5.74, 6) is -0.171. The van der Waals surface area contributed by atoms with Crippen LogP contribution in [0.3, 0.4) is 0 Å². The topological polar surface area (TPSA) is 46.2 Å². The molecule has 0 fully saturated rings. The molecule has 3 nitrogen and oxygen atoms in total. The maximum atomic E-state index is 12.0. The fourth-order valence-corrected chi connectivity index (χ4v) is 2.52. The first-order valence-electron chi connectivity index (χ1n) is 6.80. The number of carbonyl (C=O) groups excluding carboxylic acids is 2. The van der Waals surface area contributed by atoms with Crippen molar-refractivity contribution in [1.82, 2.24) is 0 Å². The lowest BCUT2D eigenvalue weighted by molar-refractivity contribution is -0.116. The molecule has 0 spiro atoms.